The molecule has 2 aromatic carbocycles. The molecule has 1 fully saturated rings. The zero-order chi connectivity index (χ0) is 20.2. The number of nitrogens with one attached hydrogen (secondary N) is 2. The van der Waals surface area contributed by atoms with Crippen LogP contribution in [0.2, 0.25) is 5.02 Å². The van der Waals surface area contributed by atoms with Crippen molar-refractivity contribution in [1.82, 2.24) is 10.2 Å². The van der Waals surface area contributed by atoms with Crippen molar-refractivity contribution in [3.63, 3.8) is 0 Å². The fraction of sp³-hybridized carbons (Fsp3) is 0.333. The Kier molecular flexibility index (Phi) is 5.76. The minimum absolute atomic E-state index is 0.0710. The average Bonchev–Trinajstić information content (AvgIpc) is 3.11. The zero-order valence-corrected chi connectivity index (χ0v) is 16.6. The van der Waals surface area contributed by atoms with Crippen LogP contribution in [0, 0.1) is 0 Å². The molecule has 2 aromatic rings. The van der Waals surface area contributed by atoms with E-state index < -0.39 is 12.1 Å². The fourth-order valence-corrected chi connectivity index (χ4v) is 3.63. The quantitative estimate of drug-likeness (QED) is 0.796. The summed E-state index contributed by atoms with van der Waals surface area (Å²) in [6, 6.07) is 11.6. The number of anilines is 1. The average molecular weight is 416 g/mol. The number of rotatable bonds is 4. The van der Waals surface area contributed by atoms with Gasteiger partial charge in [0.2, 0.25) is 12.7 Å². The van der Waals surface area contributed by atoms with Gasteiger partial charge in [-0.2, -0.15) is 0 Å². The van der Waals surface area contributed by atoms with E-state index in [4.69, 9.17) is 21.1 Å². The molecule has 0 bridgehead atoms. The van der Waals surface area contributed by atoms with Crippen molar-refractivity contribution in [2.75, 3.05) is 18.7 Å². The summed E-state index contributed by atoms with van der Waals surface area (Å²) in [5.74, 6) is 1.16. The molecule has 0 aromatic heterocycles. The maximum absolute atomic E-state index is 13.0. The number of benzene rings is 2. The summed E-state index contributed by atoms with van der Waals surface area (Å²) in [5, 5.41) is 6.24. The van der Waals surface area contributed by atoms with Crippen LogP contribution in [0.15, 0.2) is 42.5 Å². The van der Waals surface area contributed by atoms with Gasteiger partial charge in [0.15, 0.2) is 11.5 Å². The summed E-state index contributed by atoms with van der Waals surface area (Å²) in [6.45, 7) is 1.34. The maximum atomic E-state index is 13.0. The van der Waals surface area contributed by atoms with E-state index in [0.29, 0.717) is 41.7 Å². The topological polar surface area (TPSA) is 79.9 Å². The van der Waals surface area contributed by atoms with Crippen molar-refractivity contribution < 1.29 is 19.1 Å². The van der Waals surface area contributed by atoms with E-state index in [1.165, 1.54) is 0 Å². The van der Waals surface area contributed by atoms with Crippen LogP contribution in [0.4, 0.5) is 10.5 Å². The maximum Gasteiger partial charge on any atom is 0.319 e. The molecular weight excluding hydrogens is 394 g/mol. The number of halogens is 1. The minimum Gasteiger partial charge on any atom is -0.454 e. The summed E-state index contributed by atoms with van der Waals surface area (Å²) < 4.78 is 10.6. The molecule has 3 amide bonds. The number of ether oxygens (including phenoxy) is 2. The predicted octanol–water partition coefficient (Wildman–Crippen LogP) is 3.77. The van der Waals surface area contributed by atoms with Gasteiger partial charge in [-0.1, -0.05) is 23.7 Å². The molecule has 2 N–H and O–H groups in total. The van der Waals surface area contributed by atoms with Gasteiger partial charge in [-0.05, 0) is 49.1 Å². The van der Waals surface area contributed by atoms with Crippen LogP contribution in [-0.2, 0) is 11.3 Å². The number of amides is 3. The van der Waals surface area contributed by atoms with E-state index in [1.807, 2.05) is 24.3 Å². The number of hydrogen-bond acceptors (Lipinski definition) is 4. The van der Waals surface area contributed by atoms with Crippen molar-refractivity contribution >= 4 is 29.2 Å². The van der Waals surface area contributed by atoms with E-state index in [1.54, 1.807) is 23.1 Å². The summed E-state index contributed by atoms with van der Waals surface area (Å²) in [6.07, 6.45) is 2.39. The fourth-order valence-electron chi connectivity index (χ4n) is 3.51. The third-order valence-corrected chi connectivity index (χ3v) is 5.26. The second-order valence-corrected chi connectivity index (χ2v) is 7.54. The number of likely N-dealkylation sites (tertiary alicyclic amines) is 1. The summed E-state index contributed by atoms with van der Waals surface area (Å²) >= 11 is 5.94. The minimum atomic E-state index is -0.557. The van der Waals surface area contributed by atoms with E-state index in [2.05, 4.69) is 10.6 Å². The molecule has 0 aliphatic carbocycles. The Morgan fingerprint density at radius 2 is 1.90 bits per heavy atom. The Morgan fingerprint density at radius 3 is 2.72 bits per heavy atom. The summed E-state index contributed by atoms with van der Waals surface area (Å²) in [7, 11) is 0. The molecule has 0 saturated carbocycles. The largest absolute Gasteiger partial charge is 0.454 e. The third kappa shape index (κ3) is 4.74. The summed E-state index contributed by atoms with van der Waals surface area (Å²) in [4.78, 5) is 27.2. The van der Waals surface area contributed by atoms with Crippen LogP contribution in [0.3, 0.4) is 0 Å². The molecule has 152 valence electrons. The molecular formula is C21H22ClN3O4. The van der Waals surface area contributed by atoms with E-state index >= 15 is 0 Å². The van der Waals surface area contributed by atoms with Gasteiger partial charge in [-0.25, -0.2) is 4.79 Å². The van der Waals surface area contributed by atoms with Crippen LogP contribution < -0.4 is 20.1 Å². The molecule has 1 unspecified atom stereocenters. The van der Waals surface area contributed by atoms with Crippen LogP contribution in [-0.4, -0.2) is 36.2 Å². The Hall–Kier alpha value is -2.93. The van der Waals surface area contributed by atoms with Crippen molar-refractivity contribution in [2.24, 2.45) is 0 Å². The Labute approximate surface area is 173 Å². The molecule has 1 atom stereocenters. The van der Waals surface area contributed by atoms with Crippen LogP contribution in [0.25, 0.3) is 0 Å². The van der Waals surface area contributed by atoms with Crippen molar-refractivity contribution in [1.29, 1.82) is 0 Å². The van der Waals surface area contributed by atoms with Crippen LogP contribution >= 0.6 is 11.6 Å². The highest BCUT2D eigenvalue weighted by molar-refractivity contribution is 6.30. The standard InChI is InChI=1S/C21H22ClN3O4/c22-15-6-4-14(5-7-15)12-25-10-2-1-3-17(20(25)26)24-21(27)23-16-8-9-18-19(11-16)29-13-28-18/h4-9,11,17H,1-3,10,12-13H2,(H2,23,24,27). The lowest BCUT2D eigenvalue weighted by Crippen LogP contribution is -2.48. The SMILES string of the molecule is O=C(Nc1ccc2c(c1)OCO2)NC1CCCCN(Cc2ccc(Cl)cc2)C1=O. The number of hydrogen-bond donors (Lipinski definition) is 2. The second kappa shape index (κ2) is 8.61. The van der Waals surface area contributed by atoms with Gasteiger partial charge in [0.05, 0.1) is 0 Å². The number of urea groups is 1. The Balaban J connectivity index is 1.38. The zero-order valence-electron chi connectivity index (χ0n) is 15.8. The molecule has 2 aliphatic heterocycles. The highest BCUT2D eigenvalue weighted by atomic mass is 35.5. The molecule has 7 nitrogen and oxygen atoms in total. The number of carbonyl (C=O) groups is 2. The smallest absolute Gasteiger partial charge is 0.319 e. The van der Waals surface area contributed by atoms with E-state index in [9.17, 15) is 9.59 Å². The monoisotopic (exact) mass is 415 g/mol. The summed E-state index contributed by atoms with van der Waals surface area (Å²) in [5.41, 5.74) is 1.58. The lowest BCUT2D eigenvalue weighted by molar-refractivity contribution is -0.133. The molecule has 4 rings (SSSR count). The lowest BCUT2D eigenvalue weighted by atomic mass is 10.1. The molecule has 0 radical (unpaired) electrons. The third-order valence-electron chi connectivity index (χ3n) is 5.00. The first kappa shape index (κ1) is 19.4. The highest BCUT2D eigenvalue weighted by Gasteiger charge is 2.28. The molecule has 2 heterocycles. The first-order chi connectivity index (χ1) is 14.1. The number of carbonyl (C=O) groups excluding carboxylic acids is 2. The van der Waals surface area contributed by atoms with Gasteiger partial charge in [-0.15, -0.1) is 0 Å². The molecule has 8 heteroatoms. The van der Waals surface area contributed by atoms with Crippen molar-refractivity contribution in [3.8, 4) is 11.5 Å². The molecule has 2 aliphatic rings. The van der Waals surface area contributed by atoms with Gasteiger partial charge in [0.1, 0.15) is 6.04 Å². The first-order valence-corrected chi connectivity index (χ1v) is 9.97. The first-order valence-electron chi connectivity index (χ1n) is 9.59. The molecule has 0 spiro atoms. The molecule has 29 heavy (non-hydrogen) atoms. The van der Waals surface area contributed by atoms with Gasteiger partial charge in [-0.3, -0.25) is 4.79 Å². The van der Waals surface area contributed by atoms with Crippen molar-refractivity contribution in [2.45, 2.75) is 31.8 Å². The Bertz CT molecular complexity index is 903. The highest BCUT2D eigenvalue weighted by Crippen LogP contribution is 2.34. The van der Waals surface area contributed by atoms with E-state index in [-0.39, 0.29) is 12.7 Å². The van der Waals surface area contributed by atoms with Crippen LogP contribution in [0.1, 0.15) is 24.8 Å². The van der Waals surface area contributed by atoms with Crippen molar-refractivity contribution in [3.05, 3.63) is 53.1 Å². The van der Waals surface area contributed by atoms with Gasteiger partial charge >= 0.3 is 6.03 Å². The second-order valence-electron chi connectivity index (χ2n) is 7.10. The predicted molar refractivity (Wildman–Crippen MR) is 109 cm³/mol. The van der Waals surface area contributed by atoms with Gasteiger partial charge < -0.3 is 25.0 Å². The number of nitrogens with zero attached hydrogens (tertiary/aromatic N) is 1. The van der Waals surface area contributed by atoms with Gasteiger partial charge in [0.25, 0.3) is 0 Å². The molecule has 1 saturated heterocycles. The van der Waals surface area contributed by atoms with Crippen LogP contribution in [0.5, 0.6) is 11.5 Å². The van der Waals surface area contributed by atoms with Gasteiger partial charge in [0, 0.05) is 29.9 Å². The lowest BCUT2D eigenvalue weighted by Gasteiger charge is -2.25. The normalized spacial score (nSPS) is 18.3. The number of fused-ring (bicyclic) bond motifs is 1. The van der Waals surface area contributed by atoms with E-state index in [0.717, 1.165) is 18.4 Å². The Morgan fingerprint density at radius 1 is 1.10 bits per heavy atom.